The lowest BCUT2D eigenvalue weighted by Gasteiger charge is -2.08. The Morgan fingerprint density at radius 1 is 1.22 bits per heavy atom. The van der Waals surface area contributed by atoms with Crippen LogP contribution in [0.15, 0.2) is 35.1 Å². The van der Waals surface area contributed by atoms with Gasteiger partial charge in [-0.3, -0.25) is 9.36 Å². The molecule has 0 aliphatic heterocycles. The van der Waals surface area contributed by atoms with Crippen LogP contribution in [0.1, 0.15) is 38.5 Å². The molecule has 1 fully saturated rings. The molecule has 0 spiro atoms. The summed E-state index contributed by atoms with van der Waals surface area (Å²) in [5, 5.41) is 19.9. The summed E-state index contributed by atoms with van der Waals surface area (Å²) in [7, 11) is 0. The van der Waals surface area contributed by atoms with Crippen molar-refractivity contribution in [2.75, 3.05) is 0 Å². The van der Waals surface area contributed by atoms with Gasteiger partial charge in [-0.15, -0.1) is 0 Å². The number of aromatic nitrogens is 2. The second-order valence-electron chi connectivity index (χ2n) is 6.20. The van der Waals surface area contributed by atoms with E-state index in [0.29, 0.717) is 5.52 Å². The van der Waals surface area contributed by atoms with E-state index in [1.807, 2.05) is 6.08 Å². The highest BCUT2D eigenvalue weighted by Crippen LogP contribution is 2.28. The largest absolute Gasteiger partial charge is 0.507 e. The molecule has 122 valence electrons. The Kier molecular flexibility index (Phi) is 4.65. The van der Waals surface area contributed by atoms with E-state index in [4.69, 9.17) is 0 Å². The maximum absolute atomic E-state index is 12.4. The molecular weight excluding hydrogens is 292 g/mol. The molecule has 2 N–H and O–H groups in total. The zero-order chi connectivity index (χ0) is 16.2. The average molecular weight is 314 g/mol. The Labute approximate surface area is 134 Å². The highest BCUT2D eigenvalue weighted by atomic mass is 16.3. The molecule has 0 saturated heterocycles. The number of nitrogens with zero attached hydrogens (tertiary/aromatic N) is 2. The smallest absolute Gasteiger partial charge is 0.297 e. The third-order valence-electron chi connectivity index (χ3n) is 4.61. The fourth-order valence-corrected chi connectivity index (χ4v) is 3.33. The van der Waals surface area contributed by atoms with E-state index in [1.165, 1.54) is 42.7 Å². The molecule has 1 aliphatic carbocycles. The van der Waals surface area contributed by atoms with Gasteiger partial charge in [0.05, 0.1) is 5.52 Å². The summed E-state index contributed by atoms with van der Waals surface area (Å²) in [6, 6.07) is 4.31. The number of aromatic hydroxyl groups is 2. The molecule has 0 bridgehead atoms. The molecule has 5 nitrogen and oxygen atoms in total. The Morgan fingerprint density at radius 2 is 2.00 bits per heavy atom. The summed E-state index contributed by atoms with van der Waals surface area (Å²) in [5.41, 5.74) is -0.125. The molecule has 0 unspecified atom stereocenters. The van der Waals surface area contributed by atoms with E-state index in [9.17, 15) is 15.0 Å². The lowest BCUT2D eigenvalue weighted by molar-refractivity contribution is 0.395. The molecule has 2 aromatic rings. The van der Waals surface area contributed by atoms with Crippen molar-refractivity contribution in [2.24, 2.45) is 5.92 Å². The maximum atomic E-state index is 12.4. The van der Waals surface area contributed by atoms with Crippen molar-refractivity contribution >= 4 is 10.9 Å². The summed E-state index contributed by atoms with van der Waals surface area (Å²) >= 11 is 0. The fraction of sp³-hybridized carbons (Fsp3) is 0.444. The monoisotopic (exact) mass is 314 g/mol. The van der Waals surface area contributed by atoms with Crippen LogP contribution in [0.3, 0.4) is 0 Å². The first kappa shape index (κ1) is 15.6. The van der Waals surface area contributed by atoms with Crippen LogP contribution >= 0.6 is 0 Å². The lowest BCUT2D eigenvalue weighted by atomic mass is 10.0. The maximum Gasteiger partial charge on any atom is 0.297 e. The predicted molar refractivity (Wildman–Crippen MR) is 89.7 cm³/mol. The number of hydrogen-bond acceptors (Lipinski definition) is 4. The van der Waals surface area contributed by atoms with Crippen molar-refractivity contribution in [3.05, 3.63) is 40.7 Å². The highest BCUT2D eigenvalue weighted by molar-refractivity contribution is 5.84. The molecule has 3 rings (SSSR count). The number of phenols is 1. The zero-order valence-corrected chi connectivity index (χ0v) is 13.1. The predicted octanol–water partition coefficient (Wildman–Crippen LogP) is 3.33. The number of allylic oxidation sites excluding steroid dienone is 2. The summed E-state index contributed by atoms with van der Waals surface area (Å²) in [6.07, 6.45) is 11.5. The third kappa shape index (κ3) is 3.38. The number of fused-ring (bicyclic) bond motifs is 1. The summed E-state index contributed by atoms with van der Waals surface area (Å²) < 4.78 is 1.17. The van der Waals surface area contributed by atoms with Crippen LogP contribution < -0.4 is 5.56 Å². The SMILES string of the molecule is O=c1c2c(O)cccc2nc(O)n1C/C=C/CCC1CCCC1. The van der Waals surface area contributed by atoms with Gasteiger partial charge in [0.1, 0.15) is 11.1 Å². The zero-order valence-electron chi connectivity index (χ0n) is 13.1. The lowest BCUT2D eigenvalue weighted by Crippen LogP contribution is -2.20. The van der Waals surface area contributed by atoms with Gasteiger partial charge in [0.15, 0.2) is 0 Å². The molecule has 5 heteroatoms. The Bertz CT molecular complexity index is 774. The molecule has 0 radical (unpaired) electrons. The molecule has 1 aliphatic rings. The highest BCUT2D eigenvalue weighted by Gasteiger charge is 2.14. The Morgan fingerprint density at radius 3 is 2.78 bits per heavy atom. The van der Waals surface area contributed by atoms with Crippen LogP contribution in [-0.2, 0) is 6.54 Å². The van der Waals surface area contributed by atoms with E-state index >= 15 is 0 Å². The molecule has 1 saturated carbocycles. The van der Waals surface area contributed by atoms with Gasteiger partial charge in [0.25, 0.3) is 11.6 Å². The van der Waals surface area contributed by atoms with Gasteiger partial charge in [-0.2, -0.15) is 4.98 Å². The van der Waals surface area contributed by atoms with Crippen molar-refractivity contribution in [1.82, 2.24) is 9.55 Å². The summed E-state index contributed by atoms with van der Waals surface area (Å²) in [4.78, 5) is 16.4. The minimum absolute atomic E-state index is 0.112. The average Bonchev–Trinajstić information content (AvgIpc) is 3.03. The number of rotatable bonds is 5. The summed E-state index contributed by atoms with van der Waals surface area (Å²) in [5.74, 6) is 0.731. The van der Waals surface area contributed by atoms with Gasteiger partial charge in [-0.1, -0.05) is 43.9 Å². The standard InChI is InChI=1S/C18H22N2O3/c21-15-11-6-10-14-16(15)17(22)20(18(23)19-14)12-5-1-2-7-13-8-3-4-9-13/h1,5-6,10-11,13,21H,2-4,7-9,12H2,(H,19,23)/b5-1+. The molecular formula is C18H22N2O3. The van der Waals surface area contributed by atoms with Gasteiger partial charge in [0, 0.05) is 6.54 Å². The van der Waals surface area contributed by atoms with Gasteiger partial charge >= 0.3 is 0 Å². The summed E-state index contributed by atoms with van der Waals surface area (Å²) in [6.45, 7) is 0.257. The molecule has 1 heterocycles. The van der Waals surface area contributed by atoms with Crippen LogP contribution in [0.2, 0.25) is 0 Å². The van der Waals surface area contributed by atoms with E-state index in [-0.39, 0.29) is 23.7 Å². The second-order valence-corrected chi connectivity index (χ2v) is 6.20. The normalized spacial score (nSPS) is 15.8. The van der Waals surface area contributed by atoms with Crippen LogP contribution in [-0.4, -0.2) is 19.8 Å². The topological polar surface area (TPSA) is 75.3 Å². The third-order valence-corrected chi connectivity index (χ3v) is 4.61. The van der Waals surface area contributed by atoms with Gasteiger partial charge in [-0.05, 0) is 30.9 Å². The number of hydrogen-bond donors (Lipinski definition) is 2. The van der Waals surface area contributed by atoms with E-state index in [1.54, 1.807) is 12.1 Å². The van der Waals surface area contributed by atoms with Crippen molar-refractivity contribution in [2.45, 2.75) is 45.1 Å². The second kappa shape index (κ2) is 6.86. The molecule has 23 heavy (non-hydrogen) atoms. The van der Waals surface area contributed by atoms with E-state index in [0.717, 1.165) is 12.3 Å². The van der Waals surface area contributed by atoms with Gasteiger partial charge in [-0.25, -0.2) is 0 Å². The quantitative estimate of drug-likeness (QED) is 0.830. The Balaban J connectivity index is 1.72. The molecule has 0 amide bonds. The minimum Gasteiger partial charge on any atom is -0.507 e. The molecule has 1 aromatic heterocycles. The first-order valence-electron chi connectivity index (χ1n) is 8.23. The van der Waals surface area contributed by atoms with Crippen LogP contribution in [0, 0.1) is 5.92 Å². The van der Waals surface area contributed by atoms with Crippen LogP contribution in [0.4, 0.5) is 0 Å². The Hall–Kier alpha value is -2.30. The van der Waals surface area contributed by atoms with Crippen LogP contribution in [0.25, 0.3) is 10.9 Å². The van der Waals surface area contributed by atoms with Crippen molar-refractivity contribution in [3.63, 3.8) is 0 Å². The van der Waals surface area contributed by atoms with Crippen molar-refractivity contribution in [1.29, 1.82) is 0 Å². The molecule has 1 aromatic carbocycles. The van der Waals surface area contributed by atoms with E-state index < -0.39 is 5.56 Å². The van der Waals surface area contributed by atoms with Crippen LogP contribution in [0.5, 0.6) is 11.8 Å². The van der Waals surface area contributed by atoms with Crippen molar-refractivity contribution in [3.8, 4) is 11.8 Å². The molecule has 0 atom stereocenters. The first-order chi connectivity index (χ1) is 11.2. The number of benzene rings is 1. The fourth-order valence-electron chi connectivity index (χ4n) is 3.33. The van der Waals surface area contributed by atoms with Crippen molar-refractivity contribution < 1.29 is 10.2 Å². The van der Waals surface area contributed by atoms with E-state index in [2.05, 4.69) is 11.1 Å². The van der Waals surface area contributed by atoms with Gasteiger partial charge < -0.3 is 10.2 Å². The number of phenolic OH excluding ortho intramolecular Hbond substituents is 1. The van der Waals surface area contributed by atoms with Gasteiger partial charge in [0.2, 0.25) is 0 Å². The first-order valence-corrected chi connectivity index (χ1v) is 8.23. The minimum atomic E-state index is -0.425.